The molecule has 0 heterocycles. The van der Waals surface area contributed by atoms with E-state index in [9.17, 15) is 0 Å². The smallest absolute Gasteiger partial charge is 0.0361 e. The van der Waals surface area contributed by atoms with Crippen LogP contribution in [0.15, 0.2) is 60.7 Å². The van der Waals surface area contributed by atoms with Gasteiger partial charge in [0, 0.05) is 46.7 Å². The third-order valence-electron chi connectivity index (χ3n) is 4.85. The summed E-state index contributed by atoms with van der Waals surface area (Å²) in [5.41, 5.74) is 7.31. The lowest BCUT2D eigenvalue weighted by molar-refractivity contribution is 1.13. The lowest BCUT2D eigenvalue weighted by atomic mass is 10.1. The number of nitrogens with zero attached hydrogens (tertiary/aromatic N) is 2. The molecular weight excluding hydrogens is 594 g/mol. The second-order valence-corrected chi connectivity index (χ2v) is 9.86. The standard InChI is InChI=1S/C26H26I2N2/c1-29(2)23-13-7-19(8-14-23)5-11-21-17-26(28)22(18-25(21)27)12-6-20-9-15-24(16-10-20)30(3)4/h5-18H,1-4H3/b11-5+,12-6+. The molecule has 4 heteroatoms. The first-order chi connectivity index (χ1) is 14.3. The van der Waals surface area contributed by atoms with Gasteiger partial charge in [0.25, 0.3) is 0 Å². The zero-order valence-corrected chi connectivity index (χ0v) is 22.0. The number of hydrogen-bond donors (Lipinski definition) is 0. The van der Waals surface area contributed by atoms with Gasteiger partial charge in [0.05, 0.1) is 0 Å². The van der Waals surface area contributed by atoms with Gasteiger partial charge in [0.15, 0.2) is 0 Å². The molecule has 0 unspecified atom stereocenters. The minimum absolute atomic E-state index is 1.21. The van der Waals surface area contributed by atoms with Crippen molar-refractivity contribution >= 4 is 80.9 Å². The third-order valence-corrected chi connectivity index (χ3v) is 6.71. The summed E-state index contributed by atoms with van der Waals surface area (Å²) in [6.07, 6.45) is 8.74. The molecule has 0 saturated carbocycles. The maximum atomic E-state index is 2.42. The highest BCUT2D eigenvalue weighted by molar-refractivity contribution is 14.1. The predicted molar refractivity (Wildman–Crippen MR) is 151 cm³/mol. The Morgan fingerprint density at radius 1 is 0.533 bits per heavy atom. The van der Waals surface area contributed by atoms with E-state index < -0.39 is 0 Å². The van der Waals surface area contributed by atoms with E-state index >= 15 is 0 Å². The van der Waals surface area contributed by atoms with Gasteiger partial charge in [-0.3, -0.25) is 0 Å². The number of anilines is 2. The fourth-order valence-corrected chi connectivity index (χ4v) is 4.31. The number of halogens is 2. The van der Waals surface area contributed by atoms with Gasteiger partial charge in [-0.1, -0.05) is 48.6 Å². The molecule has 3 aromatic rings. The van der Waals surface area contributed by atoms with Crippen LogP contribution in [0.4, 0.5) is 11.4 Å². The first-order valence-corrected chi connectivity index (χ1v) is 11.9. The van der Waals surface area contributed by atoms with E-state index in [0.29, 0.717) is 0 Å². The molecule has 0 radical (unpaired) electrons. The van der Waals surface area contributed by atoms with E-state index in [1.807, 2.05) is 0 Å². The SMILES string of the molecule is CN(C)c1ccc(/C=C/c2cc(I)c(/C=C/c3ccc(N(C)C)cc3)cc2I)cc1. The Bertz CT molecular complexity index is 960. The molecule has 0 fully saturated rings. The highest BCUT2D eigenvalue weighted by Crippen LogP contribution is 2.25. The van der Waals surface area contributed by atoms with Crippen LogP contribution in [-0.4, -0.2) is 28.2 Å². The Labute approximate surface area is 207 Å². The van der Waals surface area contributed by atoms with Gasteiger partial charge >= 0.3 is 0 Å². The molecule has 0 amide bonds. The van der Waals surface area contributed by atoms with E-state index in [1.54, 1.807) is 0 Å². The number of rotatable bonds is 6. The van der Waals surface area contributed by atoms with Gasteiger partial charge < -0.3 is 9.80 Å². The molecule has 0 N–H and O–H groups in total. The lowest BCUT2D eigenvalue weighted by Crippen LogP contribution is -2.07. The van der Waals surface area contributed by atoms with Crippen LogP contribution < -0.4 is 9.80 Å². The summed E-state index contributed by atoms with van der Waals surface area (Å²) in [4.78, 5) is 4.23. The zero-order chi connectivity index (χ0) is 21.7. The summed E-state index contributed by atoms with van der Waals surface area (Å²) in [5.74, 6) is 0. The molecule has 154 valence electrons. The monoisotopic (exact) mass is 620 g/mol. The van der Waals surface area contributed by atoms with Gasteiger partial charge in [-0.25, -0.2) is 0 Å². The van der Waals surface area contributed by atoms with E-state index in [4.69, 9.17) is 0 Å². The summed E-state index contributed by atoms with van der Waals surface area (Å²) in [6, 6.07) is 21.7. The van der Waals surface area contributed by atoms with Crippen LogP contribution in [0.5, 0.6) is 0 Å². The average molecular weight is 620 g/mol. The second-order valence-electron chi connectivity index (χ2n) is 7.53. The maximum Gasteiger partial charge on any atom is 0.0361 e. The van der Waals surface area contributed by atoms with Crippen molar-refractivity contribution in [1.82, 2.24) is 0 Å². The fraction of sp³-hybridized carbons (Fsp3) is 0.154. The summed E-state index contributed by atoms with van der Waals surface area (Å²) in [5, 5.41) is 0. The molecule has 0 saturated heterocycles. The van der Waals surface area contributed by atoms with Crippen LogP contribution in [0.25, 0.3) is 24.3 Å². The predicted octanol–water partition coefficient (Wildman–Crippen LogP) is 7.37. The van der Waals surface area contributed by atoms with Crippen molar-refractivity contribution in [2.45, 2.75) is 0 Å². The molecule has 0 aliphatic rings. The quantitative estimate of drug-likeness (QED) is 0.210. The normalized spacial score (nSPS) is 11.4. The Morgan fingerprint density at radius 3 is 1.17 bits per heavy atom. The second kappa shape index (κ2) is 10.5. The van der Waals surface area contributed by atoms with Crippen molar-refractivity contribution in [2.24, 2.45) is 0 Å². The third kappa shape index (κ3) is 6.11. The van der Waals surface area contributed by atoms with Crippen LogP contribution >= 0.6 is 45.2 Å². The Morgan fingerprint density at radius 2 is 0.867 bits per heavy atom. The number of hydrogen-bond acceptors (Lipinski definition) is 2. The van der Waals surface area contributed by atoms with Gasteiger partial charge in [0.1, 0.15) is 0 Å². The average Bonchev–Trinajstić information content (AvgIpc) is 2.73. The molecular formula is C26H26I2N2. The highest BCUT2D eigenvalue weighted by Gasteiger charge is 2.03. The summed E-state index contributed by atoms with van der Waals surface area (Å²) >= 11 is 4.85. The summed E-state index contributed by atoms with van der Waals surface area (Å²) < 4.78 is 2.49. The molecule has 0 aliphatic heterocycles. The van der Waals surface area contributed by atoms with Crippen LogP contribution in [0.1, 0.15) is 22.3 Å². The van der Waals surface area contributed by atoms with E-state index in [-0.39, 0.29) is 0 Å². The molecule has 0 aromatic heterocycles. The van der Waals surface area contributed by atoms with Crippen LogP contribution in [0, 0.1) is 7.14 Å². The summed E-state index contributed by atoms with van der Waals surface area (Å²) in [6.45, 7) is 0. The van der Waals surface area contributed by atoms with Gasteiger partial charge in [-0.15, -0.1) is 0 Å². The van der Waals surface area contributed by atoms with Crippen LogP contribution in [-0.2, 0) is 0 Å². The van der Waals surface area contributed by atoms with Crippen LogP contribution in [0.3, 0.4) is 0 Å². The molecule has 0 atom stereocenters. The lowest BCUT2D eigenvalue weighted by Gasteiger charge is -2.12. The molecule has 0 bridgehead atoms. The largest absolute Gasteiger partial charge is 0.378 e. The Balaban J connectivity index is 1.76. The first-order valence-electron chi connectivity index (χ1n) is 9.73. The first kappa shape index (κ1) is 22.9. The minimum atomic E-state index is 1.21. The van der Waals surface area contributed by atoms with Crippen molar-refractivity contribution < 1.29 is 0 Å². The molecule has 0 aliphatic carbocycles. The van der Waals surface area contributed by atoms with Gasteiger partial charge in [0.2, 0.25) is 0 Å². The highest BCUT2D eigenvalue weighted by atomic mass is 127. The van der Waals surface area contributed by atoms with Crippen molar-refractivity contribution in [3.05, 3.63) is 90.1 Å². The van der Waals surface area contributed by atoms with Crippen molar-refractivity contribution in [3.63, 3.8) is 0 Å². The van der Waals surface area contributed by atoms with Gasteiger partial charge in [-0.05, 0) is 104 Å². The molecule has 3 aromatic carbocycles. The zero-order valence-electron chi connectivity index (χ0n) is 17.7. The Kier molecular flexibility index (Phi) is 7.99. The summed E-state index contributed by atoms with van der Waals surface area (Å²) in [7, 11) is 8.24. The van der Waals surface area contributed by atoms with E-state index in [1.165, 1.54) is 40.8 Å². The van der Waals surface area contributed by atoms with Crippen molar-refractivity contribution in [1.29, 1.82) is 0 Å². The Hall–Kier alpha value is -1.80. The maximum absolute atomic E-state index is 2.42. The van der Waals surface area contributed by atoms with Gasteiger partial charge in [-0.2, -0.15) is 0 Å². The topological polar surface area (TPSA) is 6.48 Å². The van der Waals surface area contributed by atoms with Crippen LogP contribution in [0.2, 0.25) is 0 Å². The molecule has 0 spiro atoms. The number of benzene rings is 3. The van der Waals surface area contributed by atoms with Crippen molar-refractivity contribution in [2.75, 3.05) is 38.0 Å². The van der Waals surface area contributed by atoms with Crippen molar-refractivity contribution in [3.8, 4) is 0 Å². The fourth-order valence-electron chi connectivity index (χ4n) is 2.97. The van der Waals surface area contributed by atoms with E-state index in [2.05, 4.69) is 168 Å². The molecule has 2 nitrogen and oxygen atoms in total. The molecule has 30 heavy (non-hydrogen) atoms. The minimum Gasteiger partial charge on any atom is -0.378 e. The molecule has 3 rings (SSSR count). The van der Waals surface area contributed by atoms with E-state index in [0.717, 1.165) is 0 Å².